The second-order valence-electron chi connectivity index (χ2n) is 3.62. The number of hydrogen-bond donors (Lipinski definition) is 0. The summed E-state index contributed by atoms with van der Waals surface area (Å²) in [6.07, 6.45) is 1.65. The highest BCUT2D eigenvalue weighted by Gasteiger charge is 2.32. The van der Waals surface area contributed by atoms with E-state index in [1.54, 1.807) is 0 Å². The number of epoxide rings is 1. The summed E-state index contributed by atoms with van der Waals surface area (Å²) in [5.41, 5.74) is 1.23. The van der Waals surface area contributed by atoms with E-state index in [1.165, 1.54) is 5.56 Å². The Kier molecular flexibility index (Phi) is 3.17. The van der Waals surface area contributed by atoms with Crippen LogP contribution in [0.15, 0.2) is 30.3 Å². The van der Waals surface area contributed by atoms with Gasteiger partial charge >= 0.3 is 0 Å². The summed E-state index contributed by atoms with van der Waals surface area (Å²) < 4.78 is 11.0. The summed E-state index contributed by atoms with van der Waals surface area (Å²) in [4.78, 5) is 0. The van der Waals surface area contributed by atoms with Crippen LogP contribution in [-0.4, -0.2) is 18.8 Å². The van der Waals surface area contributed by atoms with Gasteiger partial charge in [-0.15, -0.1) is 0 Å². The standard InChI is InChI=1S/C12H16O2/c1-2-11(12-9-14-12)13-8-10-6-4-3-5-7-10/h3-7,11-12H,2,8-9H2,1H3/t11-,12-/m1/s1. The van der Waals surface area contributed by atoms with Crippen LogP contribution in [0.1, 0.15) is 18.9 Å². The minimum Gasteiger partial charge on any atom is -0.371 e. The Morgan fingerprint density at radius 1 is 1.43 bits per heavy atom. The van der Waals surface area contributed by atoms with Gasteiger partial charge in [0.05, 0.1) is 19.3 Å². The van der Waals surface area contributed by atoms with Crippen molar-refractivity contribution in [1.29, 1.82) is 0 Å². The van der Waals surface area contributed by atoms with Gasteiger partial charge in [0, 0.05) is 0 Å². The van der Waals surface area contributed by atoms with E-state index >= 15 is 0 Å². The van der Waals surface area contributed by atoms with E-state index in [4.69, 9.17) is 9.47 Å². The van der Waals surface area contributed by atoms with Gasteiger partial charge in [-0.2, -0.15) is 0 Å². The molecule has 0 aliphatic carbocycles. The first-order valence-corrected chi connectivity index (χ1v) is 5.17. The summed E-state index contributed by atoms with van der Waals surface area (Å²) in [6, 6.07) is 10.3. The molecule has 2 atom stereocenters. The molecular formula is C12H16O2. The minimum atomic E-state index is 0.273. The lowest BCUT2D eigenvalue weighted by Gasteiger charge is -2.13. The first-order valence-electron chi connectivity index (χ1n) is 5.17. The van der Waals surface area contributed by atoms with Crippen molar-refractivity contribution in [3.63, 3.8) is 0 Å². The topological polar surface area (TPSA) is 21.8 Å². The van der Waals surface area contributed by atoms with Crippen LogP contribution in [0.2, 0.25) is 0 Å². The zero-order valence-corrected chi connectivity index (χ0v) is 8.48. The van der Waals surface area contributed by atoms with Gasteiger partial charge in [-0.1, -0.05) is 37.3 Å². The van der Waals surface area contributed by atoms with E-state index in [0.29, 0.717) is 12.7 Å². The van der Waals surface area contributed by atoms with E-state index in [9.17, 15) is 0 Å². The highest BCUT2D eigenvalue weighted by atomic mass is 16.6. The number of ether oxygens (including phenoxy) is 2. The average Bonchev–Trinajstić information content (AvgIpc) is 3.05. The van der Waals surface area contributed by atoms with E-state index in [1.807, 2.05) is 18.2 Å². The summed E-state index contributed by atoms with van der Waals surface area (Å²) in [5, 5.41) is 0. The maximum Gasteiger partial charge on any atom is 0.107 e. The zero-order chi connectivity index (χ0) is 9.80. The van der Waals surface area contributed by atoms with Gasteiger partial charge in [0.1, 0.15) is 6.10 Å². The molecule has 0 aromatic heterocycles. The Morgan fingerprint density at radius 3 is 2.71 bits per heavy atom. The molecular weight excluding hydrogens is 176 g/mol. The summed E-state index contributed by atoms with van der Waals surface area (Å²) in [7, 11) is 0. The van der Waals surface area contributed by atoms with Crippen LogP contribution in [0.3, 0.4) is 0 Å². The van der Waals surface area contributed by atoms with Crippen molar-refractivity contribution in [2.45, 2.75) is 32.2 Å². The third-order valence-electron chi connectivity index (χ3n) is 2.48. The van der Waals surface area contributed by atoms with Crippen LogP contribution < -0.4 is 0 Å². The minimum absolute atomic E-state index is 0.273. The first-order chi connectivity index (χ1) is 6.90. The summed E-state index contributed by atoms with van der Waals surface area (Å²) in [6.45, 7) is 3.70. The van der Waals surface area contributed by atoms with Gasteiger partial charge in [0.2, 0.25) is 0 Å². The van der Waals surface area contributed by atoms with Crippen LogP contribution >= 0.6 is 0 Å². The van der Waals surface area contributed by atoms with Gasteiger partial charge in [-0.05, 0) is 12.0 Å². The smallest absolute Gasteiger partial charge is 0.107 e. The number of rotatable bonds is 5. The molecule has 0 spiro atoms. The van der Waals surface area contributed by atoms with Gasteiger partial charge in [-0.3, -0.25) is 0 Å². The van der Waals surface area contributed by atoms with Crippen molar-refractivity contribution in [3.05, 3.63) is 35.9 Å². The van der Waals surface area contributed by atoms with Crippen molar-refractivity contribution < 1.29 is 9.47 Å². The predicted molar refractivity (Wildman–Crippen MR) is 55.1 cm³/mol. The Labute approximate surface area is 84.8 Å². The van der Waals surface area contributed by atoms with Crippen LogP contribution in [0.5, 0.6) is 0 Å². The van der Waals surface area contributed by atoms with E-state index in [0.717, 1.165) is 13.0 Å². The molecule has 1 aromatic carbocycles. The lowest BCUT2D eigenvalue weighted by Crippen LogP contribution is -2.18. The Bertz CT molecular complexity index is 267. The lowest BCUT2D eigenvalue weighted by molar-refractivity contribution is 0.0194. The molecule has 2 heteroatoms. The molecule has 0 amide bonds. The second-order valence-corrected chi connectivity index (χ2v) is 3.62. The van der Waals surface area contributed by atoms with Gasteiger partial charge in [0.25, 0.3) is 0 Å². The molecule has 1 aliphatic heterocycles. The third-order valence-corrected chi connectivity index (χ3v) is 2.48. The van der Waals surface area contributed by atoms with Crippen molar-refractivity contribution in [2.75, 3.05) is 6.61 Å². The van der Waals surface area contributed by atoms with Gasteiger partial charge < -0.3 is 9.47 Å². The molecule has 2 nitrogen and oxygen atoms in total. The number of hydrogen-bond acceptors (Lipinski definition) is 2. The van der Waals surface area contributed by atoms with Crippen molar-refractivity contribution in [1.82, 2.24) is 0 Å². The Morgan fingerprint density at radius 2 is 2.14 bits per heavy atom. The SMILES string of the molecule is CC[C@@H](OCc1ccccc1)[C@H]1CO1. The maximum atomic E-state index is 5.78. The van der Waals surface area contributed by atoms with Crippen molar-refractivity contribution in [2.24, 2.45) is 0 Å². The fourth-order valence-electron chi connectivity index (χ4n) is 1.54. The highest BCUT2D eigenvalue weighted by Crippen LogP contribution is 2.20. The molecule has 1 heterocycles. The fraction of sp³-hybridized carbons (Fsp3) is 0.500. The fourth-order valence-corrected chi connectivity index (χ4v) is 1.54. The molecule has 2 rings (SSSR count). The first kappa shape index (κ1) is 9.69. The molecule has 0 saturated carbocycles. The van der Waals surface area contributed by atoms with Crippen LogP contribution in [0.25, 0.3) is 0 Å². The van der Waals surface area contributed by atoms with Gasteiger partial charge in [-0.25, -0.2) is 0 Å². The Balaban J connectivity index is 1.81. The molecule has 1 saturated heterocycles. The van der Waals surface area contributed by atoms with Crippen molar-refractivity contribution in [3.8, 4) is 0 Å². The molecule has 0 radical (unpaired) electrons. The van der Waals surface area contributed by atoms with Crippen LogP contribution in [0, 0.1) is 0 Å². The second kappa shape index (κ2) is 4.58. The summed E-state index contributed by atoms with van der Waals surface area (Å²) >= 11 is 0. The lowest BCUT2D eigenvalue weighted by atomic mass is 10.2. The molecule has 0 N–H and O–H groups in total. The van der Waals surface area contributed by atoms with Crippen LogP contribution in [0.4, 0.5) is 0 Å². The molecule has 1 fully saturated rings. The molecule has 1 aromatic rings. The zero-order valence-electron chi connectivity index (χ0n) is 8.48. The quantitative estimate of drug-likeness (QED) is 0.668. The Hall–Kier alpha value is -0.860. The van der Waals surface area contributed by atoms with E-state index < -0.39 is 0 Å². The molecule has 1 aliphatic rings. The molecule has 14 heavy (non-hydrogen) atoms. The van der Waals surface area contributed by atoms with Crippen LogP contribution in [-0.2, 0) is 16.1 Å². The maximum absolute atomic E-state index is 5.78. The van der Waals surface area contributed by atoms with Crippen molar-refractivity contribution >= 4 is 0 Å². The van der Waals surface area contributed by atoms with E-state index in [2.05, 4.69) is 19.1 Å². The van der Waals surface area contributed by atoms with E-state index in [-0.39, 0.29) is 6.10 Å². The highest BCUT2D eigenvalue weighted by molar-refractivity contribution is 5.13. The monoisotopic (exact) mass is 192 g/mol. The number of benzene rings is 1. The largest absolute Gasteiger partial charge is 0.371 e. The molecule has 0 bridgehead atoms. The van der Waals surface area contributed by atoms with Gasteiger partial charge in [0.15, 0.2) is 0 Å². The average molecular weight is 192 g/mol. The third kappa shape index (κ3) is 2.56. The summed E-state index contributed by atoms with van der Waals surface area (Å²) in [5.74, 6) is 0. The normalized spacial score (nSPS) is 21.9. The molecule has 0 unspecified atom stereocenters. The predicted octanol–water partition coefficient (Wildman–Crippen LogP) is 2.38. The molecule has 76 valence electrons.